The molecule has 1 aromatic rings. The Morgan fingerprint density at radius 1 is 1.47 bits per heavy atom. The number of rotatable bonds is 4. The van der Waals surface area contributed by atoms with Crippen molar-refractivity contribution in [2.24, 2.45) is 0 Å². The molecular weight excluding hydrogens is 242 g/mol. The fourth-order valence-electron chi connectivity index (χ4n) is 2.32. The second-order valence-corrected chi connectivity index (χ2v) is 4.73. The average molecular weight is 263 g/mol. The summed E-state index contributed by atoms with van der Waals surface area (Å²) >= 11 is 0. The maximum atomic E-state index is 12.3. The first kappa shape index (κ1) is 13.9. The van der Waals surface area contributed by atoms with Crippen LogP contribution >= 0.6 is 0 Å². The third-order valence-electron chi connectivity index (χ3n) is 3.48. The van der Waals surface area contributed by atoms with Gasteiger partial charge in [-0.3, -0.25) is 4.79 Å². The summed E-state index contributed by atoms with van der Waals surface area (Å²) < 4.78 is 10.9. The molecular formula is C15H21NO3. The van der Waals surface area contributed by atoms with Gasteiger partial charge in [-0.2, -0.15) is 0 Å². The summed E-state index contributed by atoms with van der Waals surface area (Å²) in [4.78, 5) is 14.2. The van der Waals surface area contributed by atoms with Crippen LogP contribution in [0.1, 0.15) is 18.9 Å². The summed E-state index contributed by atoms with van der Waals surface area (Å²) in [5.41, 5.74) is 0.939. The number of para-hydroxylation sites is 1. The molecule has 4 heteroatoms. The quantitative estimate of drug-likeness (QED) is 0.832. The molecule has 0 bridgehead atoms. The maximum Gasteiger partial charge on any atom is 0.227 e. The van der Waals surface area contributed by atoms with Gasteiger partial charge in [0.15, 0.2) is 0 Å². The van der Waals surface area contributed by atoms with Gasteiger partial charge in [-0.1, -0.05) is 25.1 Å². The van der Waals surface area contributed by atoms with Crippen molar-refractivity contribution in [2.75, 3.05) is 26.8 Å². The highest BCUT2D eigenvalue weighted by Gasteiger charge is 2.23. The first-order valence-corrected chi connectivity index (χ1v) is 6.75. The van der Waals surface area contributed by atoms with Gasteiger partial charge in [0.25, 0.3) is 0 Å². The van der Waals surface area contributed by atoms with Crippen LogP contribution in [0.15, 0.2) is 24.3 Å². The Hall–Kier alpha value is -1.55. The third kappa shape index (κ3) is 3.47. The van der Waals surface area contributed by atoms with E-state index < -0.39 is 0 Å². The number of hydrogen-bond acceptors (Lipinski definition) is 3. The van der Waals surface area contributed by atoms with Gasteiger partial charge < -0.3 is 14.4 Å². The van der Waals surface area contributed by atoms with E-state index in [0.717, 1.165) is 17.7 Å². The Morgan fingerprint density at radius 2 is 2.26 bits per heavy atom. The molecule has 1 aliphatic rings. The summed E-state index contributed by atoms with van der Waals surface area (Å²) in [5.74, 6) is 0.919. The zero-order valence-electron chi connectivity index (χ0n) is 11.6. The molecule has 1 saturated heterocycles. The molecule has 0 aliphatic carbocycles. The molecule has 1 unspecified atom stereocenters. The molecule has 0 radical (unpaired) electrons. The summed E-state index contributed by atoms with van der Waals surface area (Å²) in [6.07, 6.45) is 1.51. The predicted octanol–water partition coefficient (Wildman–Crippen LogP) is 1.88. The Labute approximate surface area is 114 Å². The zero-order chi connectivity index (χ0) is 13.7. The van der Waals surface area contributed by atoms with E-state index in [-0.39, 0.29) is 12.0 Å². The normalized spacial score (nSPS) is 19.3. The lowest BCUT2D eigenvalue weighted by Gasteiger charge is -2.32. The van der Waals surface area contributed by atoms with Crippen molar-refractivity contribution in [2.45, 2.75) is 25.9 Å². The number of amides is 1. The van der Waals surface area contributed by atoms with Crippen molar-refractivity contribution in [1.82, 2.24) is 4.90 Å². The Kier molecular flexibility index (Phi) is 4.80. The van der Waals surface area contributed by atoms with E-state index in [1.165, 1.54) is 0 Å². The van der Waals surface area contributed by atoms with E-state index in [4.69, 9.17) is 9.47 Å². The molecule has 19 heavy (non-hydrogen) atoms. The highest BCUT2D eigenvalue weighted by atomic mass is 16.5. The third-order valence-corrected chi connectivity index (χ3v) is 3.48. The predicted molar refractivity (Wildman–Crippen MR) is 73.3 cm³/mol. The number of carbonyl (C=O) groups excluding carboxylic acids is 1. The van der Waals surface area contributed by atoms with Crippen molar-refractivity contribution < 1.29 is 14.3 Å². The molecule has 2 rings (SSSR count). The van der Waals surface area contributed by atoms with Gasteiger partial charge in [-0.05, 0) is 12.5 Å². The molecule has 1 aromatic carbocycles. The van der Waals surface area contributed by atoms with Crippen LogP contribution in [0.4, 0.5) is 0 Å². The number of carbonyl (C=O) groups is 1. The number of morpholine rings is 1. The molecule has 104 valence electrons. The van der Waals surface area contributed by atoms with Crippen molar-refractivity contribution in [3.8, 4) is 5.75 Å². The van der Waals surface area contributed by atoms with Gasteiger partial charge in [0.1, 0.15) is 5.75 Å². The lowest BCUT2D eigenvalue weighted by molar-refractivity contribution is -0.138. The van der Waals surface area contributed by atoms with Crippen LogP contribution < -0.4 is 4.74 Å². The first-order valence-electron chi connectivity index (χ1n) is 6.75. The molecule has 0 spiro atoms. The largest absolute Gasteiger partial charge is 0.496 e. The summed E-state index contributed by atoms with van der Waals surface area (Å²) in [7, 11) is 1.63. The monoisotopic (exact) mass is 263 g/mol. The molecule has 4 nitrogen and oxygen atoms in total. The van der Waals surface area contributed by atoms with Gasteiger partial charge in [-0.25, -0.2) is 0 Å². The fraction of sp³-hybridized carbons (Fsp3) is 0.533. The lowest BCUT2D eigenvalue weighted by Crippen LogP contribution is -2.46. The minimum atomic E-state index is 0.145. The van der Waals surface area contributed by atoms with Crippen LogP contribution in [-0.2, 0) is 16.0 Å². The standard InChI is InChI=1S/C15H21NO3/c1-3-13-11-16(8-9-19-13)15(17)10-12-6-4-5-7-14(12)18-2/h4-7,13H,3,8-11H2,1-2H3. The first-order chi connectivity index (χ1) is 9.24. The van der Waals surface area contributed by atoms with Crippen LogP contribution in [0.3, 0.4) is 0 Å². The molecule has 1 heterocycles. The summed E-state index contributed by atoms with van der Waals surface area (Å²) in [5, 5.41) is 0. The van der Waals surface area contributed by atoms with Crippen LogP contribution in [0.5, 0.6) is 5.75 Å². The zero-order valence-corrected chi connectivity index (χ0v) is 11.6. The number of benzene rings is 1. The molecule has 1 fully saturated rings. The highest BCUT2D eigenvalue weighted by Crippen LogP contribution is 2.19. The maximum absolute atomic E-state index is 12.3. The van der Waals surface area contributed by atoms with Gasteiger partial charge in [-0.15, -0.1) is 0 Å². The van der Waals surface area contributed by atoms with E-state index >= 15 is 0 Å². The van der Waals surface area contributed by atoms with Gasteiger partial charge in [0.2, 0.25) is 5.91 Å². The van der Waals surface area contributed by atoms with Crippen molar-refractivity contribution in [3.63, 3.8) is 0 Å². The molecule has 0 N–H and O–H groups in total. The smallest absolute Gasteiger partial charge is 0.227 e. The van der Waals surface area contributed by atoms with E-state index in [1.807, 2.05) is 29.2 Å². The van der Waals surface area contributed by atoms with Crippen LogP contribution in [-0.4, -0.2) is 43.7 Å². The van der Waals surface area contributed by atoms with Crippen molar-refractivity contribution >= 4 is 5.91 Å². The minimum absolute atomic E-state index is 0.145. The van der Waals surface area contributed by atoms with E-state index in [9.17, 15) is 4.79 Å². The number of nitrogens with zero attached hydrogens (tertiary/aromatic N) is 1. The topological polar surface area (TPSA) is 38.8 Å². The van der Waals surface area contributed by atoms with Gasteiger partial charge in [0, 0.05) is 18.7 Å². The molecule has 0 aromatic heterocycles. The van der Waals surface area contributed by atoms with Crippen LogP contribution in [0.2, 0.25) is 0 Å². The SMILES string of the molecule is CCC1CN(C(=O)Cc2ccccc2OC)CCO1. The number of ether oxygens (including phenoxy) is 2. The van der Waals surface area contributed by atoms with Gasteiger partial charge in [0.05, 0.1) is 26.2 Å². The van der Waals surface area contributed by atoms with E-state index in [1.54, 1.807) is 7.11 Å². The second-order valence-electron chi connectivity index (χ2n) is 4.73. The Bertz CT molecular complexity index is 433. The molecule has 1 amide bonds. The molecule has 0 saturated carbocycles. The average Bonchev–Trinajstić information content (AvgIpc) is 2.47. The van der Waals surface area contributed by atoms with E-state index in [0.29, 0.717) is 26.1 Å². The van der Waals surface area contributed by atoms with E-state index in [2.05, 4.69) is 6.92 Å². The lowest BCUT2D eigenvalue weighted by atomic mass is 10.1. The highest BCUT2D eigenvalue weighted by molar-refractivity contribution is 5.79. The number of hydrogen-bond donors (Lipinski definition) is 0. The van der Waals surface area contributed by atoms with Crippen molar-refractivity contribution in [1.29, 1.82) is 0 Å². The van der Waals surface area contributed by atoms with Crippen LogP contribution in [0, 0.1) is 0 Å². The Balaban J connectivity index is 2.00. The Morgan fingerprint density at radius 3 is 3.00 bits per heavy atom. The summed E-state index contributed by atoms with van der Waals surface area (Å²) in [6.45, 7) is 4.10. The fourth-order valence-corrected chi connectivity index (χ4v) is 2.32. The van der Waals surface area contributed by atoms with Crippen molar-refractivity contribution in [3.05, 3.63) is 29.8 Å². The van der Waals surface area contributed by atoms with Gasteiger partial charge >= 0.3 is 0 Å². The minimum Gasteiger partial charge on any atom is -0.496 e. The number of methoxy groups -OCH3 is 1. The molecule has 1 atom stereocenters. The van der Waals surface area contributed by atoms with Crippen LogP contribution in [0.25, 0.3) is 0 Å². The summed E-state index contributed by atoms with van der Waals surface area (Å²) in [6, 6.07) is 7.67. The molecule has 1 aliphatic heterocycles. The second kappa shape index (κ2) is 6.57.